The third-order valence-electron chi connectivity index (χ3n) is 6.99. The first-order chi connectivity index (χ1) is 17.8. The zero-order valence-corrected chi connectivity index (χ0v) is 21.6. The number of aliphatic hydroxyl groups is 1. The van der Waals surface area contributed by atoms with E-state index in [9.17, 15) is 14.3 Å². The van der Waals surface area contributed by atoms with Crippen molar-refractivity contribution in [2.75, 3.05) is 18.4 Å². The average molecular weight is 510 g/mol. The maximum Gasteiger partial charge on any atom is 0.319 e. The van der Waals surface area contributed by atoms with Gasteiger partial charge in [0.05, 0.1) is 0 Å². The molecule has 0 spiro atoms. The maximum atomic E-state index is 13.2. The van der Waals surface area contributed by atoms with Crippen LogP contribution in [0.25, 0.3) is 11.4 Å². The normalized spacial score (nSPS) is 17.9. The summed E-state index contributed by atoms with van der Waals surface area (Å²) in [4.78, 5) is 14.9. The largest absolute Gasteiger partial charge is 0.378 e. The molecule has 2 aromatic carbocycles. The Hall–Kier alpha value is -3.37. The number of nitrogens with zero attached hydrogens (tertiary/aromatic N) is 5. The number of benzene rings is 2. The molecule has 0 radical (unpaired) electrons. The number of aryl methyl sites for hydroxylation is 1. The predicted octanol–water partition coefficient (Wildman–Crippen LogP) is 3.83. The lowest BCUT2D eigenvalue weighted by molar-refractivity contribution is -0.0341. The van der Waals surface area contributed by atoms with Crippen LogP contribution in [-0.4, -0.2) is 61.6 Å². The molecule has 4 rings (SSSR count). The molecule has 2 heterocycles. The molecular formula is C27H36FN7O2. The number of rotatable bonds is 9. The Morgan fingerprint density at radius 2 is 2.00 bits per heavy atom. The number of amides is 2. The van der Waals surface area contributed by atoms with E-state index in [4.69, 9.17) is 0 Å². The third kappa shape index (κ3) is 7.33. The Balaban J connectivity index is 1.32. The van der Waals surface area contributed by atoms with Crippen molar-refractivity contribution in [3.05, 3.63) is 59.9 Å². The highest BCUT2D eigenvalue weighted by molar-refractivity contribution is 5.90. The minimum atomic E-state index is -0.657. The van der Waals surface area contributed by atoms with Crippen LogP contribution in [-0.2, 0) is 13.5 Å². The van der Waals surface area contributed by atoms with E-state index in [-0.39, 0.29) is 23.8 Å². The van der Waals surface area contributed by atoms with Crippen LogP contribution in [0.4, 0.5) is 14.9 Å². The van der Waals surface area contributed by atoms with E-state index in [1.54, 1.807) is 17.8 Å². The lowest BCUT2D eigenvalue weighted by Gasteiger charge is -2.38. The van der Waals surface area contributed by atoms with Gasteiger partial charge in [0.15, 0.2) is 5.82 Å². The lowest BCUT2D eigenvalue weighted by atomic mass is 9.90. The second-order valence-electron chi connectivity index (χ2n) is 10.2. The van der Waals surface area contributed by atoms with Gasteiger partial charge in [0.1, 0.15) is 12.0 Å². The summed E-state index contributed by atoms with van der Waals surface area (Å²) in [6.45, 7) is 5.67. The summed E-state index contributed by atoms with van der Waals surface area (Å²) >= 11 is 0. The van der Waals surface area contributed by atoms with Gasteiger partial charge in [0.2, 0.25) is 0 Å². The fraction of sp³-hybridized carbons (Fsp3) is 0.481. The number of anilines is 1. The fourth-order valence-corrected chi connectivity index (χ4v) is 4.91. The van der Waals surface area contributed by atoms with Crippen LogP contribution in [0, 0.1) is 17.7 Å². The number of piperidine rings is 1. The van der Waals surface area contributed by atoms with Crippen molar-refractivity contribution in [2.24, 2.45) is 18.9 Å². The molecule has 1 aromatic heterocycles. The first-order valence-corrected chi connectivity index (χ1v) is 12.9. The molecule has 1 aliphatic rings. The number of aliphatic hydroxyl groups excluding tert-OH is 1. The van der Waals surface area contributed by atoms with Gasteiger partial charge in [-0.25, -0.2) is 13.9 Å². The van der Waals surface area contributed by atoms with Crippen LogP contribution in [0.3, 0.4) is 0 Å². The van der Waals surface area contributed by atoms with Gasteiger partial charge >= 0.3 is 6.03 Å². The quantitative estimate of drug-likeness (QED) is 0.405. The van der Waals surface area contributed by atoms with Gasteiger partial charge in [0.25, 0.3) is 0 Å². The number of hydrogen-bond donors (Lipinski definition) is 3. The lowest BCUT2D eigenvalue weighted by Crippen LogP contribution is -2.49. The van der Waals surface area contributed by atoms with Crippen molar-refractivity contribution in [3.63, 3.8) is 0 Å². The number of tetrazole rings is 1. The summed E-state index contributed by atoms with van der Waals surface area (Å²) in [6.07, 6.45) is 2.72. The Morgan fingerprint density at radius 1 is 1.22 bits per heavy atom. The van der Waals surface area contributed by atoms with Gasteiger partial charge in [-0.05, 0) is 71.4 Å². The first-order valence-electron chi connectivity index (χ1n) is 12.9. The molecule has 0 bridgehead atoms. The molecule has 3 aromatic rings. The monoisotopic (exact) mass is 509 g/mol. The Labute approximate surface area is 217 Å². The molecule has 198 valence electrons. The van der Waals surface area contributed by atoms with Gasteiger partial charge in [-0.2, -0.15) is 0 Å². The number of aromatic nitrogens is 4. The number of halogens is 1. The highest BCUT2D eigenvalue weighted by Crippen LogP contribution is 2.24. The molecular weight excluding hydrogens is 473 g/mol. The van der Waals surface area contributed by atoms with E-state index in [1.807, 2.05) is 44.2 Å². The van der Waals surface area contributed by atoms with Crippen molar-refractivity contribution in [1.82, 2.24) is 30.4 Å². The van der Waals surface area contributed by atoms with Gasteiger partial charge in [-0.15, -0.1) is 5.10 Å². The second kappa shape index (κ2) is 12.2. The maximum absolute atomic E-state index is 13.2. The number of urea groups is 1. The van der Waals surface area contributed by atoms with Crippen LogP contribution < -0.4 is 10.6 Å². The van der Waals surface area contributed by atoms with E-state index in [0.717, 1.165) is 43.5 Å². The van der Waals surface area contributed by atoms with Gasteiger partial charge < -0.3 is 15.7 Å². The number of nitrogens with one attached hydrogen (secondary N) is 2. The smallest absolute Gasteiger partial charge is 0.319 e. The Kier molecular flexibility index (Phi) is 8.83. The van der Waals surface area contributed by atoms with E-state index in [2.05, 4.69) is 31.1 Å². The summed E-state index contributed by atoms with van der Waals surface area (Å²) in [5.41, 5.74) is 2.53. The molecule has 1 fully saturated rings. The van der Waals surface area contributed by atoms with Crippen LogP contribution in [0.5, 0.6) is 0 Å². The Morgan fingerprint density at radius 3 is 2.70 bits per heavy atom. The standard InChI is InChI=1S/C27H36FN7O2/c1-18(2)24(30-27(37)29-23-8-4-7-21(15-23)26-31-32-33-34(26)3)16-25(36)35-13-5-6-20(17-35)14-19-9-11-22(28)12-10-19/h4,7-12,15,18,20,24-25,36H,5-6,13-14,16-17H2,1-3H3,(H2,29,30,37)/t20-,24-,25-/m0/s1. The molecule has 0 unspecified atom stereocenters. The molecule has 37 heavy (non-hydrogen) atoms. The van der Waals surface area contributed by atoms with E-state index < -0.39 is 6.23 Å². The summed E-state index contributed by atoms with van der Waals surface area (Å²) in [5.74, 6) is 0.915. The summed E-state index contributed by atoms with van der Waals surface area (Å²) in [6, 6.07) is 13.5. The zero-order chi connectivity index (χ0) is 26.4. The SMILES string of the molecule is CC(C)[C@H](C[C@H](O)N1CCC[C@@H](Cc2ccc(F)cc2)C1)NC(=O)Nc1cccc(-c2nnnn2C)c1. The number of carbonyl (C=O) groups excluding carboxylic acids is 1. The number of carbonyl (C=O) groups is 1. The summed E-state index contributed by atoms with van der Waals surface area (Å²) in [5, 5.41) is 28.5. The molecule has 9 nitrogen and oxygen atoms in total. The minimum Gasteiger partial charge on any atom is -0.378 e. The average Bonchev–Trinajstić information content (AvgIpc) is 3.31. The van der Waals surface area contributed by atoms with Crippen LogP contribution in [0.1, 0.15) is 38.7 Å². The van der Waals surface area contributed by atoms with Crippen LogP contribution in [0.2, 0.25) is 0 Å². The van der Waals surface area contributed by atoms with Crippen LogP contribution >= 0.6 is 0 Å². The third-order valence-corrected chi connectivity index (χ3v) is 6.99. The highest BCUT2D eigenvalue weighted by Gasteiger charge is 2.28. The molecule has 3 atom stereocenters. The Bertz CT molecular complexity index is 1170. The van der Waals surface area contributed by atoms with Gasteiger partial charge in [-0.3, -0.25) is 4.90 Å². The fourth-order valence-electron chi connectivity index (χ4n) is 4.91. The molecule has 3 N–H and O–H groups in total. The topological polar surface area (TPSA) is 108 Å². The van der Waals surface area contributed by atoms with Gasteiger partial charge in [0, 0.05) is 43.9 Å². The molecule has 2 amide bonds. The molecule has 0 aliphatic carbocycles. The van der Waals surface area contributed by atoms with E-state index in [0.29, 0.717) is 23.9 Å². The molecule has 1 aliphatic heterocycles. The predicted molar refractivity (Wildman–Crippen MR) is 140 cm³/mol. The molecule has 10 heteroatoms. The van der Waals surface area contributed by atoms with Crippen molar-refractivity contribution in [1.29, 1.82) is 0 Å². The van der Waals surface area contributed by atoms with E-state index >= 15 is 0 Å². The highest BCUT2D eigenvalue weighted by atomic mass is 19.1. The van der Waals surface area contributed by atoms with Crippen molar-refractivity contribution in [2.45, 2.75) is 51.8 Å². The van der Waals surface area contributed by atoms with Crippen LogP contribution in [0.15, 0.2) is 48.5 Å². The molecule has 1 saturated heterocycles. The van der Waals surface area contributed by atoms with Gasteiger partial charge in [-0.1, -0.05) is 38.1 Å². The van der Waals surface area contributed by atoms with Crippen molar-refractivity contribution in [3.8, 4) is 11.4 Å². The van der Waals surface area contributed by atoms with Crippen molar-refractivity contribution >= 4 is 11.7 Å². The van der Waals surface area contributed by atoms with Crippen molar-refractivity contribution < 1.29 is 14.3 Å². The number of likely N-dealkylation sites (tertiary alicyclic amines) is 1. The molecule has 0 saturated carbocycles. The second-order valence-corrected chi connectivity index (χ2v) is 10.2. The minimum absolute atomic E-state index is 0.135. The first kappa shape index (κ1) is 26.7. The zero-order valence-electron chi connectivity index (χ0n) is 21.6. The summed E-state index contributed by atoms with van der Waals surface area (Å²) in [7, 11) is 1.76. The summed E-state index contributed by atoms with van der Waals surface area (Å²) < 4.78 is 14.8. The van der Waals surface area contributed by atoms with E-state index in [1.165, 1.54) is 12.1 Å². The number of hydrogen-bond acceptors (Lipinski definition) is 6.